The van der Waals surface area contributed by atoms with E-state index in [0.717, 1.165) is 33.3 Å². The average Bonchev–Trinajstić information content (AvgIpc) is 3.21. The summed E-state index contributed by atoms with van der Waals surface area (Å²) in [6, 6.07) is 39.6. The van der Waals surface area contributed by atoms with Crippen molar-refractivity contribution in [3.8, 4) is 11.4 Å². The van der Waals surface area contributed by atoms with E-state index in [0.29, 0.717) is 50.8 Å². The molecule has 0 radical (unpaired) electrons. The van der Waals surface area contributed by atoms with Gasteiger partial charge in [-0.2, -0.15) is 0 Å². The van der Waals surface area contributed by atoms with Crippen LogP contribution in [-0.4, -0.2) is 36.7 Å². The van der Waals surface area contributed by atoms with Crippen molar-refractivity contribution in [3.05, 3.63) is 191 Å². The van der Waals surface area contributed by atoms with Crippen LogP contribution in [-0.2, 0) is 6.54 Å². The highest BCUT2D eigenvalue weighted by Gasteiger charge is 2.21. The number of nitrogens with one attached hydrogen (secondary N) is 2. The van der Waals surface area contributed by atoms with Crippen molar-refractivity contribution < 1.29 is 9.59 Å². The summed E-state index contributed by atoms with van der Waals surface area (Å²) < 4.78 is 0. The number of para-hydroxylation sites is 2. The van der Waals surface area contributed by atoms with Crippen LogP contribution in [0.3, 0.4) is 0 Å². The fraction of sp³-hybridized carbons (Fsp3) is 0.0465. The van der Waals surface area contributed by atoms with Gasteiger partial charge in [-0.1, -0.05) is 72.3 Å². The first-order valence-corrected chi connectivity index (χ1v) is 17.3. The highest BCUT2D eigenvalue weighted by atomic mass is 35.5. The van der Waals surface area contributed by atoms with E-state index in [1.165, 1.54) is 0 Å². The molecule has 2 N–H and O–H groups in total. The van der Waals surface area contributed by atoms with Crippen molar-refractivity contribution in [2.24, 2.45) is 0 Å². The van der Waals surface area contributed by atoms with Gasteiger partial charge in [-0.25, -0.2) is 9.97 Å². The largest absolute Gasteiger partial charge is 0.348 e. The number of nitrogens with zero attached hydrogens (tertiary/aromatic N) is 5. The van der Waals surface area contributed by atoms with E-state index in [9.17, 15) is 9.59 Å². The van der Waals surface area contributed by atoms with Crippen molar-refractivity contribution in [2.75, 3.05) is 5.32 Å². The lowest BCUT2D eigenvalue weighted by Crippen LogP contribution is -2.23. The Morgan fingerprint density at radius 3 is 2.30 bits per heavy atom. The van der Waals surface area contributed by atoms with Gasteiger partial charge in [0.2, 0.25) is 0 Å². The number of hydrogen-bond acceptors (Lipinski definition) is 7. The van der Waals surface area contributed by atoms with Crippen LogP contribution < -0.4 is 10.6 Å². The normalized spacial score (nSPS) is 11.6. The molecule has 1 unspecified atom stereocenters. The standard InChI is InChI=1S/C43H30ClN7O2/c44-34-9-3-8-32-33(42(52)47-26-27-6-5-21-46-25-27)24-39(51-41(32)34)36-11-4-12-37(50-36)40(30-19-22-45-23-20-30)29-13-16-31(17-14-29)48-43(53)38-18-15-28-7-1-2-10-35(28)49-38/h1-25,40H,26H2,(H,47,52)(H,48,53). The summed E-state index contributed by atoms with van der Waals surface area (Å²) in [6.07, 6.45) is 6.91. The molecule has 3 aromatic carbocycles. The summed E-state index contributed by atoms with van der Waals surface area (Å²) in [7, 11) is 0. The molecule has 0 bridgehead atoms. The Labute approximate surface area is 309 Å². The molecule has 2 amide bonds. The van der Waals surface area contributed by atoms with Gasteiger partial charge in [0.25, 0.3) is 11.8 Å². The number of carbonyl (C=O) groups is 2. The Morgan fingerprint density at radius 2 is 1.47 bits per heavy atom. The molecule has 0 fully saturated rings. The summed E-state index contributed by atoms with van der Waals surface area (Å²) in [5.74, 6) is -0.841. The van der Waals surface area contributed by atoms with E-state index >= 15 is 0 Å². The van der Waals surface area contributed by atoms with Crippen molar-refractivity contribution in [3.63, 3.8) is 0 Å². The Kier molecular flexibility index (Phi) is 9.30. The zero-order chi connectivity index (χ0) is 36.1. The first kappa shape index (κ1) is 33.3. The predicted octanol–water partition coefficient (Wildman–Crippen LogP) is 8.65. The monoisotopic (exact) mass is 711 g/mol. The smallest absolute Gasteiger partial charge is 0.274 e. The predicted molar refractivity (Wildman–Crippen MR) is 207 cm³/mol. The van der Waals surface area contributed by atoms with E-state index in [2.05, 4.69) is 25.6 Å². The maximum absolute atomic E-state index is 13.6. The molecule has 10 heteroatoms. The molecule has 8 aromatic rings. The number of pyridine rings is 5. The number of fused-ring (bicyclic) bond motifs is 2. The lowest BCUT2D eigenvalue weighted by molar-refractivity contribution is 0.0951. The summed E-state index contributed by atoms with van der Waals surface area (Å²) in [6.45, 7) is 0.316. The van der Waals surface area contributed by atoms with Gasteiger partial charge in [-0.3, -0.25) is 24.5 Å². The lowest BCUT2D eigenvalue weighted by atomic mass is 9.88. The second kappa shape index (κ2) is 14.8. The topological polar surface area (TPSA) is 123 Å². The molecule has 0 aliphatic rings. The molecule has 5 aromatic heterocycles. The lowest BCUT2D eigenvalue weighted by Gasteiger charge is -2.19. The molecule has 9 nitrogen and oxygen atoms in total. The van der Waals surface area contributed by atoms with Gasteiger partial charge >= 0.3 is 0 Å². The fourth-order valence-corrected chi connectivity index (χ4v) is 6.52. The Balaban J connectivity index is 1.11. The molecule has 0 aliphatic heterocycles. The minimum Gasteiger partial charge on any atom is -0.348 e. The summed E-state index contributed by atoms with van der Waals surface area (Å²) in [4.78, 5) is 49.7. The molecule has 0 spiro atoms. The van der Waals surface area contributed by atoms with E-state index in [1.54, 1.807) is 49.1 Å². The summed E-state index contributed by atoms with van der Waals surface area (Å²) >= 11 is 6.65. The van der Waals surface area contributed by atoms with Crippen LogP contribution in [0.25, 0.3) is 33.2 Å². The molecule has 5 heterocycles. The third-order valence-electron chi connectivity index (χ3n) is 8.91. The van der Waals surface area contributed by atoms with Crippen molar-refractivity contribution in [2.45, 2.75) is 12.5 Å². The van der Waals surface area contributed by atoms with Crippen molar-refractivity contribution >= 4 is 50.9 Å². The highest BCUT2D eigenvalue weighted by Crippen LogP contribution is 2.34. The third kappa shape index (κ3) is 7.19. The maximum Gasteiger partial charge on any atom is 0.274 e. The number of halogens is 1. The molecule has 8 rings (SSSR count). The van der Waals surface area contributed by atoms with Gasteiger partial charge in [0.15, 0.2) is 0 Å². The molecule has 256 valence electrons. The summed E-state index contributed by atoms with van der Waals surface area (Å²) in [5, 5.41) is 8.01. The van der Waals surface area contributed by atoms with E-state index < -0.39 is 0 Å². The number of anilines is 1. The molecule has 53 heavy (non-hydrogen) atoms. The maximum atomic E-state index is 13.6. The van der Waals surface area contributed by atoms with Gasteiger partial charge in [-0.15, -0.1) is 0 Å². The van der Waals surface area contributed by atoms with Gasteiger partial charge in [0, 0.05) is 47.8 Å². The third-order valence-corrected chi connectivity index (χ3v) is 9.22. The van der Waals surface area contributed by atoms with Crippen LogP contribution in [0.1, 0.15) is 49.1 Å². The molecule has 0 aliphatic carbocycles. The molecular weight excluding hydrogens is 682 g/mol. The van der Waals surface area contributed by atoms with E-state index in [4.69, 9.17) is 21.6 Å². The number of rotatable bonds is 9. The van der Waals surface area contributed by atoms with E-state index in [-0.39, 0.29) is 17.7 Å². The minimum absolute atomic E-state index is 0.265. The van der Waals surface area contributed by atoms with Crippen LogP contribution in [0.5, 0.6) is 0 Å². The van der Waals surface area contributed by atoms with Crippen LogP contribution in [0.4, 0.5) is 5.69 Å². The SMILES string of the molecule is O=C(Nc1ccc(C(c2ccncc2)c2cccc(-c3cc(C(=O)NCc4cccnc4)c4cccc(Cl)c4n3)n2)cc1)c1ccc2ccccc2n1. The molecule has 0 saturated heterocycles. The Morgan fingerprint density at radius 1 is 0.660 bits per heavy atom. The first-order valence-electron chi connectivity index (χ1n) is 16.9. The van der Waals surface area contributed by atoms with Crippen LogP contribution in [0, 0.1) is 0 Å². The van der Waals surface area contributed by atoms with E-state index in [1.807, 2.05) is 103 Å². The van der Waals surface area contributed by atoms with Gasteiger partial charge in [0.05, 0.1) is 44.6 Å². The number of benzene rings is 3. The van der Waals surface area contributed by atoms with Gasteiger partial charge in [0.1, 0.15) is 5.69 Å². The number of aromatic nitrogens is 5. The minimum atomic E-state index is -0.295. The zero-order valence-electron chi connectivity index (χ0n) is 28.1. The van der Waals surface area contributed by atoms with Crippen LogP contribution in [0.2, 0.25) is 5.02 Å². The highest BCUT2D eigenvalue weighted by molar-refractivity contribution is 6.35. The van der Waals surface area contributed by atoms with Gasteiger partial charge in [-0.05, 0) is 83.4 Å². The molecule has 0 saturated carbocycles. The summed E-state index contributed by atoms with van der Waals surface area (Å²) in [5.41, 5.74) is 7.33. The Hall–Kier alpha value is -6.84. The molecular formula is C43H30ClN7O2. The first-order chi connectivity index (χ1) is 26.0. The van der Waals surface area contributed by atoms with Crippen molar-refractivity contribution in [1.82, 2.24) is 30.2 Å². The van der Waals surface area contributed by atoms with Crippen molar-refractivity contribution in [1.29, 1.82) is 0 Å². The average molecular weight is 712 g/mol. The zero-order valence-corrected chi connectivity index (χ0v) is 28.9. The quantitative estimate of drug-likeness (QED) is 0.154. The second-order valence-corrected chi connectivity index (χ2v) is 12.8. The molecule has 1 atom stereocenters. The Bertz CT molecular complexity index is 2600. The fourth-order valence-electron chi connectivity index (χ4n) is 6.30. The van der Waals surface area contributed by atoms with Gasteiger partial charge < -0.3 is 10.6 Å². The number of carbonyl (C=O) groups excluding carboxylic acids is 2. The number of amides is 2. The second-order valence-electron chi connectivity index (χ2n) is 12.4. The van der Waals surface area contributed by atoms with Crippen LogP contribution in [0.15, 0.2) is 152 Å². The van der Waals surface area contributed by atoms with Crippen LogP contribution >= 0.6 is 11.6 Å². The number of hydrogen-bond donors (Lipinski definition) is 2.